The minimum atomic E-state index is 0.328. The van der Waals surface area contributed by atoms with E-state index < -0.39 is 0 Å². The van der Waals surface area contributed by atoms with Crippen LogP contribution in [0.25, 0.3) is 5.69 Å². The molecule has 136 valence electrons. The van der Waals surface area contributed by atoms with E-state index in [1.165, 1.54) is 12.8 Å². The first-order valence-corrected chi connectivity index (χ1v) is 9.25. The summed E-state index contributed by atoms with van der Waals surface area (Å²) in [5, 5.41) is 0. The largest absolute Gasteiger partial charge is 0.492 e. The fourth-order valence-electron chi connectivity index (χ4n) is 3.12. The highest BCUT2D eigenvalue weighted by molar-refractivity contribution is 5.37. The molecule has 0 saturated carbocycles. The molecule has 2 aromatic rings. The maximum Gasteiger partial charge on any atom is 0.119 e. The van der Waals surface area contributed by atoms with Gasteiger partial charge in [0.1, 0.15) is 12.4 Å². The maximum atomic E-state index is 6.06. The van der Waals surface area contributed by atoms with Crippen LogP contribution in [0.2, 0.25) is 0 Å². The summed E-state index contributed by atoms with van der Waals surface area (Å²) in [6, 6.07) is 8.47. The van der Waals surface area contributed by atoms with Crippen LogP contribution >= 0.6 is 0 Å². The number of benzene rings is 1. The summed E-state index contributed by atoms with van der Waals surface area (Å²) in [6.45, 7) is 8.89. The molecular formula is C20H29N3O2. The van der Waals surface area contributed by atoms with Crippen LogP contribution in [-0.2, 0) is 4.74 Å². The van der Waals surface area contributed by atoms with Gasteiger partial charge >= 0.3 is 0 Å². The van der Waals surface area contributed by atoms with Crippen LogP contribution in [0.3, 0.4) is 0 Å². The summed E-state index contributed by atoms with van der Waals surface area (Å²) in [4.78, 5) is 6.58. The van der Waals surface area contributed by atoms with Gasteiger partial charge in [-0.25, -0.2) is 4.98 Å². The molecule has 25 heavy (non-hydrogen) atoms. The minimum Gasteiger partial charge on any atom is -0.492 e. The molecule has 1 atom stereocenters. The van der Waals surface area contributed by atoms with Crippen LogP contribution in [-0.4, -0.2) is 53.4 Å². The van der Waals surface area contributed by atoms with E-state index in [4.69, 9.17) is 9.47 Å². The van der Waals surface area contributed by atoms with Gasteiger partial charge in [-0.1, -0.05) is 13.8 Å². The minimum absolute atomic E-state index is 0.328. The Morgan fingerprint density at radius 1 is 1.04 bits per heavy atom. The van der Waals surface area contributed by atoms with Crippen LogP contribution in [0.4, 0.5) is 0 Å². The van der Waals surface area contributed by atoms with Gasteiger partial charge in [-0.15, -0.1) is 0 Å². The van der Waals surface area contributed by atoms with Crippen molar-refractivity contribution in [2.75, 3.05) is 32.9 Å². The number of aromatic nitrogens is 2. The molecule has 0 amide bonds. The molecule has 0 aliphatic carbocycles. The predicted molar refractivity (Wildman–Crippen MR) is 99.3 cm³/mol. The highest BCUT2D eigenvalue weighted by Gasteiger charge is 2.23. The van der Waals surface area contributed by atoms with Crippen molar-refractivity contribution in [3.8, 4) is 11.4 Å². The van der Waals surface area contributed by atoms with Crippen molar-refractivity contribution in [3.05, 3.63) is 43.0 Å². The van der Waals surface area contributed by atoms with E-state index in [-0.39, 0.29) is 0 Å². The Hall–Kier alpha value is -1.85. The van der Waals surface area contributed by atoms with Crippen LogP contribution in [0.5, 0.6) is 5.75 Å². The summed E-state index contributed by atoms with van der Waals surface area (Å²) < 4.78 is 13.9. The smallest absolute Gasteiger partial charge is 0.119 e. The molecule has 0 bridgehead atoms. The number of hydrogen-bond donors (Lipinski definition) is 0. The second kappa shape index (κ2) is 9.02. The predicted octanol–water partition coefficient (Wildman–Crippen LogP) is 3.39. The molecule has 1 aliphatic heterocycles. The summed E-state index contributed by atoms with van der Waals surface area (Å²) in [5.74, 6) is 1.47. The van der Waals surface area contributed by atoms with Crippen molar-refractivity contribution in [3.63, 3.8) is 0 Å². The first-order valence-electron chi connectivity index (χ1n) is 9.25. The molecule has 3 rings (SSSR count). The van der Waals surface area contributed by atoms with Gasteiger partial charge in [-0.3, -0.25) is 4.90 Å². The molecule has 1 aromatic carbocycles. The molecule has 0 radical (unpaired) electrons. The standard InChI is InChI=1S/C20H29N3O2/c1-17(2)13-24-14-19(22-10-3-4-11-22)15-25-20-7-5-18(6-8-20)23-12-9-21-16-23/h5-9,12,16-17,19H,3-4,10-11,13-15H2,1-2H3. The van der Waals surface area contributed by atoms with Gasteiger partial charge in [0.05, 0.1) is 19.0 Å². The molecule has 1 fully saturated rings. The van der Waals surface area contributed by atoms with Crippen molar-refractivity contribution in [2.24, 2.45) is 5.92 Å². The monoisotopic (exact) mass is 343 g/mol. The lowest BCUT2D eigenvalue weighted by Gasteiger charge is -2.27. The van der Waals surface area contributed by atoms with E-state index in [9.17, 15) is 0 Å². The summed E-state index contributed by atoms with van der Waals surface area (Å²) in [5.41, 5.74) is 1.08. The second-order valence-electron chi connectivity index (χ2n) is 7.10. The van der Waals surface area contributed by atoms with E-state index in [0.29, 0.717) is 18.6 Å². The Morgan fingerprint density at radius 2 is 1.80 bits per heavy atom. The topological polar surface area (TPSA) is 39.5 Å². The molecule has 1 aliphatic rings. The van der Waals surface area contributed by atoms with E-state index in [0.717, 1.165) is 37.7 Å². The average Bonchev–Trinajstić information content (AvgIpc) is 3.31. The van der Waals surface area contributed by atoms with Gasteiger partial charge in [0.15, 0.2) is 0 Å². The highest BCUT2D eigenvalue weighted by atomic mass is 16.5. The van der Waals surface area contributed by atoms with E-state index in [2.05, 4.69) is 35.9 Å². The number of imidazole rings is 1. The molecule has 2 heterocycles. The van der Waals surface area contributed by atoms with Crippen molar-refractivity contribution in [1.82, 2.24) is 14.5 Å². The molecule has 0 N–H and O–H groups in total. The van der Waals surface area contributed by atoms with Gasteiger partial charge in [-0.05, 0) is 56.1 Å². The Morgan fingerprint density at radius 3 is 2.44 bits per heavy atom. The third kappa shape index (κ3) is 5.31. The van der Waals surface area contributed by atoms with E-state index in [1.54, 1.807) is 12.5 Å². The number of likely N-dealkylation sites (tertiary alicyclic amines) is 1. The zero-order valence-corrected chi connectivity index (χ0v) is 15.3. The average molecular weight is 343 g/mol. The fraction of sp³-hybridized carbons (Fsp3) is 0.550. The number of ether oxygens (including phenoxy) is 2. The Labute approximate surface area is 150 Å². The van der Waals surface area contributed by atoms with Gasteiger partial charge in [0.25, 0.3) is 0 Å². The molecular weight excluding hydrogens is 314 g/mol. The second-order valence-corrected chi connectivity index (χ2v) is 7.10. The first-order chi connectivity index (χ1) is 12.2. The lowest BCUT2D eigenvalue weighted by atomic mass is 10.2. The Kier molecular flexibility index (Phi) is 6.48. The van der Waals surface area contributed by atoms with E-state index >= 15 is 0 Å². The van der Waals surface area contributed by atoms with Gasteiger partial charge in [-0.2, -0.15) is 0 Å². The van der Waals surface area contributed by atoms with Gasteiger partial charge in [0.2, 0.25) is 0 Å². The normalized spacial score (nSPS) is 16.4. The highest BCUT2D eigenvalue weighted by Crippen LogP contribution is 2.18. The summed E-state index contributed by atoms with van der Waals surface area (Å²) in [6.07, 6.45) is 8.07. The van der Waals surface area contributed by atoms with Gasteiger partial charge in [0, 0.05) is 24.7 Å². The number of rotatable bonds is 9. The van der Waals surface area contributed by atoms with E-state index in [1.807, 2.05) is 22.9 Å². The number of nitrogens with zero attached hydrogens (tertiary/aromatic N) is 3. The van der Waals surface area contributed by atoms with Crippen molar-refractivity contribution >= 4 is 0 Å². The van der Waals surface area contributed by atoms with Crippen molar-refractivity contribution < 1.29 is 9.47 Å². The van der Waals surface area contributed by atoms with Crippen LogP contribution < -0.4 is 4.74 Å². The third-order valence-electron chi connectivity index (χ3n) is 4.50. The molecule has 1 aromatic heterocycles. The van der Waals surface area contributed by atoms with Gasteiger partial charge < -0.3 is 14.0 Å². The molecule has 1 unspecified atom stereocenters. The first kappa shape index (κ1) is 18.0. The zero-order valence-electron chi connectivity index (χ0n) is 15.3. The third-order valence-corrected chi connectivity index (χ3v) is 4.50. The summed E-state index contributed by atoms with van der Waals surface area (Å²) in [7, 11) is 0. The van der Waals surface area contributed by atoms with Crippen molar-refractivity contribution in [1.29, 1.82) is 0 Å². The Balaban J connectivity index is 1.54. The molecule has 5 heteroatoms. The van der Waals surface area contributed by atoms with Crippen LogP contribution in [0, 0.1) is 5.92 Å². The van der Waals surface area contributed by atoms with Crippen LogP contribution in [0.15, 0.2) is 43.0 Å². The van der Waals surface area contributed by atoms with Crippen LogP contribution in [0.1, 0.15) is 26.7 Å². The molecule has 5 nitrogen and oxygen atoms in total. The quantitative estimate of drug-likeness (QED) is 0.700. The molecule has 0 spiro atoms. The SMILES string of the molecule is CC(C)COCC(COc1ccc(-n2ccnc2)cc1)N1CCCC1. The van der Waals surface area contributed by atoms with Crippen molar-refractivity contribution in [2.45, 2.75) is 32.7 Å². The fourth-order valence-corrected chi connectivity index (χ4v) is 3.12. The Bertz CT molecular complexity index is 604. The number of hydrogen-bond acceptors (Lipinski definition) is 4. The summed E-state index contributed by atoms with van der Waals surface area (Å²) >= 11 is 0. The molecule has 1 saturated heterocycles. The maximum absolute atomic E-state index is 6.06. The zero-order chi connectivity index (χ0) is 17.5. The lowest BCUT2D eigenvalue weighted by molar-refractivity contribution is 0.0353. The lowest BCUT2D eigenvalue weighted by Crippen LogP contribution is -2.41.